The number of nitrogens with zero attached hydrogens (tertiary/aromatic N) is 1. The smallest absolute Gasteiger partial charge is 0.322 e. The highest BCUT2D eigenvalue weighted by atomic mass is 32.2. The molecule has 1 N–H and O–H groups in total. The van der Waals surface area contributed by atoms with E-state index in [-0.39, 0.29) is 6.07 Å². The quantitative estimate of drug-likeness (QED) is 0.300. The van der Waals surface area contributed by atoms with Crippen LogP contribution in [0.3, 0.4) is 0 Å². The molecule has 0 aliphatic rings. The van der Waals surface area contributed by atoms with Crippen molar-refractivity contribution in [2.24, 2.45) is 0 Å². The molecule has 2 aromatic rings. The Morgan fingerprint density at radius 2 is 1.54 bits per heavy atom. The summed E-state index contributed by atoms with van der Waals surface area (Å²) < 4.78 is 77.4. The molecular weight excluding hydrogens is 414 g/mol. The molecule has 0 aliphatic heterocycles. The molecule has 0 spiro atoms. The Morgan fingerprint density at radius 3 is 1.96 bits per heavy atom. The highest BCUT2D eigenvalue weighted by molar-refractivity contribution is 7.98. The van der Waals surface area contributed by atoms with Crippen molar-refractivity contribution >= 4 is 29.0 Å². The Balaban J connectivity index is 2.51. The van der Waals surface area contributed by atoms with E-state index >= 15 is 0 Å². The van der Waals surface area contributed by atoms with Gasteiger partial charge in [0.15, 0.2) is 0 Å². The molecule has 0 unspecified atom stereocenters. The summed E-state index contributed by atoms with van der Waals surface area (Å²) in [7, 11) is 0. The standard InChI is InChI=1S/C16H10F6N2O3S/c1-28-11-2-3-13(24(26)27)12(7-11)14(25)23-10-5-8(15(17,18)19)4-9(6-10)16(20,21)22/h2-7H,1H3,(H,23,25). The topological polar surface area (TPSA) is 72.2 Å². The van der Waals surface area contributed by atoms with Gasteiger partial charge in [-0.25, -0.2) is 0 Å². The van der Waals surface area contributed by atoms with Crippen molar-refractivity contribution in [3.05, 3.63) is 63.2 Å². The molecule has 28 heavy (non-hydrogen) atoms. The largest absolute Gasteiger partial charge is 0.416 e. The van der Waals surface area contributed by atoms with Crippen LogP contribution in [0.1, 0.15) is 21.5 Å². The average Bonchev–Trinajstić information content (AvgIpc) is 2.59. The van der Waals surface area contributed by atoms with Crippen LogP contribution >= 0.6 is 11.8 Å². The van der Waals surface area contributed by atoms with Gasteiger partial charge in [0, 0.05) is 16.6 Å². The number of nitrogens with one attached hydrogen (secondary N) is 1. The van der Waals surface area contributed by atoms with Gasteiger partial charge >= 0.3 is 12.4 Å². The number of rotatable bonds is 4. The predicted octanol–water partition coefficient (Wildman–Crippen LogP) is 5.61. The van der Waals surface area contributed by atoms with Gasteiger partial charge in [-0.3, -0.25) is 14.9 Å². The number of nitro benzene ring substituents is 1. The number of thioether (sulfide) groups is 1. The van der Waals surface area contributed by atoms with Gasteiger partial charge in [0.1, 0.15) is 5.56 Å². The van der Waals surface area contributed by atoms with Crippen molar-refractivity contribution in [1.29, 1.82) is 0 Å². The van der Waals surface area contributed by atoms with E-state index in [1.54, 1.807) is 6.26 Å². The molecule has 0 saturated heterocycles. The molecule has 0 aliphatic carbocycles. The van der Waals surface area contributed by atoms with E-state index in [9.17, 15) is 41.3 Å². The van der Waals surface area contributed by atoms with Crippen LogP contribution in [0.15, 0.2) is 41.3 Å². The average molecular weight is 424 g/mol. The molecule has 0 fully saturated rings. The third kappa shape index (κ3) is 4.94. The van der Waals surface area contributed by atoms with Gasteiger partial charge in [0.2, 0.25) is 0 Å². The summed E-state index contributed by atoms with van der Waals surface area (Å²) in [6, 6.07) is 4.04. The van der Waals surface area contributed by atoms with Crippen molar-refractivity contribution in [2.75, 3.05) is 11.6 Å². The zero-order chi connectivity index (χ0) is 21.3. The van der Waals surface area contributed by atoms with E-state index in [1.165, 1.54) is 6.07 Å². The lowest BCUT2D eigenvalue weighted by atomic mass is 10.1. The fraction of sp³-hybridized carbons (Fsp3) is 0.188. The van der Waals surface area contributed by atoms with Crippen LogP contribution in [-0.4, -0.2) is 17.1 Å². The van der Waals surface area contributed by atoms with Crippen LogP contribution in [0, 0.1) is 10.1 Å². The molecule has 150 valence electrons. The minimum absolute atomic E-state index is 0.0908. The number of nitro groups is 1. The van der Waals surface area contributed by atoms with Crippen LogP contribution in [0.5, 0.6) is 0 Å². The van der Waals surface area contributed by atoms with Crippen molar-refractivity contribution in [3.63, 3.8) is 0 Å². The van der Waals surface area contributed by atoms with Crippen molar-refractivity contribution in [2.45, 2.75) is 17.2 Å². The van der Waals surface area contributed by atoms with Gasteiger partial charge < -0.3 is 5.32 Å². The third-order valence-corrected chi connectivity index (χ3v) is 4.22. The summed E-state index contributed by atoms with van der Waals surface area (Å²) in [5.74, 6) is -1.21. The summed E-state index contributed by atoms with van der Waals surface area (Å²) in [5, 5.41) is 12.9. The highest BCUT2D eigenvalue weighted by Crippen LogP contribution is 2.37. The van der Waals surface area contributed by atoms with Gasteiger partial charge in [-0.2, -0.15) is 26.3 Å². The number of alkyl halides is 6. The number of carbonyl (C=O) groups excluding carboxylic acids is 1. The first-order valence-electron chi connectivity index (χ1n) is 7.26. The second-order valence-corrected chi connectivity index (χ2v) is 6.27. The van der Waals surface area contributed by atoms with E-state index in [2.05, 4.69) is 0 Å². The molecule has 5 nitrogen and oxygen atoms in total. The van der Waals surface area contributed by atoms with Crippen LogP contribution in [0.4, 0.5) is 37.7 Å². The molecule has 0 heterocycles. The number of amides is 1. The summed E-state index contributed by atoms with van der Waals surface area (Å²) in [6.45, 7) is 0. The van der Waals surface area contributed by atoms with Gasteiger partial charge in [0.25, 0.3) is 11.6 Å². The molecule has 0 atom stereocenters. The lowest BCUT2D eigenvalue weighted by Crippen LogP contribution is -2.17. The Hall–Kier alpha value is -2.76. The Bertz CT molecular complexity index is 895. The maximum absolute atomic E-state index is 12.9. The fourth-order valence-electron chi connectivity index (χ4n) is 2.21. The minimum Gasteiger partial charge on any atom is -0.322 e. The van der Waals surface area contributed by atoms with E-state index in [1.807, 2.05) is 5.32 Å². The van der Waals surface area contributed by atoms with E-state index in [0.29, 0.717) is 17.0 Å². The van der Waals surface area contributed by atoms with Gasteiger partial charge in [-0.1, -0.05) is 0 Å². The Morgan fingerprint density at radius 1 is 1.00 bits per heavy atom. The summed E-state index contributed by atoms with van der Waals surface area (Å²) >= 11 is 1.14. The van der Waals surface area contributed by atoms with Crippen molar-refractivity contribution in [3.8, 4) is 0 Å². The molecule has 2 rings (SSSR count). The van der Waals surface area contributed by atoms with Gasteiger partial charge in [0.05, 0.1) is 16.1 Å². The molecule has 12 heteroatoms. The first-order chi connectivity index (χ1) is 12.8. The second kappa shape index (κ2) is 7.70. The summed E-state index contributed by atoms with van der Waals surface area (Å²) in [6.07, 6.45) is -8.57. The first kappa shape index (κ1) is 21.5. The summed E-state index contributed by atoms with van der Waals surface area (Å²) in [4.78, 5) is 23.0. The minimum atomic E-state index is -5.09. The van der Waals surface area contributed by atoms with Crippen LogP contribution in [0.25, 0.3) is 0 Å². The molecule has 2 aromatic carbocycles. The van der Waals surface area contributed by atoms with E-state index in [0.717, 1.165) is 23.9 Å². The number of carbonyl (C=O) groups is 1. The Labute approximate surface area is 157 Å². The predicted molar refractivity (Wildman–Crippen MR) is 89.3 cm³/mol. The number of halogens is 6. The molecule has 0 bridgehead atoms. The van der Waals surface area contributed by atoms with Crippen LogP contribution in [-0.2, 0) is 12.4 Å². The van der Waals surface area contributed by atoms with Gasteiger partial charge in [-0.05, 0) is 36.6 Å². The van der Waals surface area contributed by atoms with E-state index in [4.69, 9.17) is 0 Å². The molecule has 0 aromatic heterocycles. The zero-order valence-electron chi connectivity index (χ0n) is 13.8. The summed E-state index contributed by atoms with van der Waals surface area (Å²) in [5.41, 5.74) is -5.17. The van der Waals surface area contributed by atoms with Crippen LogP contribution < -0.4 is 5.32 Å². The third-order valence-electron chi connectivity index (χ3n) is 3.49. The molecule has 0 saturated carbocycles. The SMILES string of the molecule is CSc1ccc([N+](=O)[O-])c(C(=O)Nc2cc(C(F)(F)F)cc(C(F)(F)F)c2)c1. The molecule has 1 amide bonds. The van der Waals surface area contributed by atoms with Gasteiger partial charge in [-0.15, -0.1) is 11.8 Å². The zero-order valence-corrected chi connectivity index (χ0v) is 14.6. The van der Waals surface area contributed by atoms with Crippen LogP contribution in [0.2, 0.25) is 0 Å². The van der Waals surface area contributed by atoms with Crippen molar-refractivity contribution in [1.82, 2.24) is 0 Å². The maximum Gasteiger partial charge on any atom is 0.416 e. The number of hydrogen-bond donors (Lipinski definition) is 1. The van der Waals surface area contributed by atoms with Crippen molar-refractivity contribution < 1.29 is 36.1 Å². The number of hydrogen-bond acceptors (Lipinski definition) is 4. The number of anilines is 1. The monoisotopic (exact) mass is 424 g/mol. The fourth-order valence-corrected chi connectivity index (χ4v) is 2.65. The maximum atomic E-state index is 12.9. The van der Waals surface area contributed by atoms with E-state index < -0.39 is 51.2 Å². The second-order valence-electron chi connectivity index (χ2n) is 5.39. The lowest BCUT2D eigenvalue weighted by Gasteiger charge is -2.15. The highest BCUT2D eigenvalue weighted by Gasteiger charge is 2.37. The lowest BCUT2D eigenvalue weighted by molar-refractivity contribution is -0.385. The molecule has 0 radical (unpaired) electrons. The number of benzene rings is 2. The normalized spacial score (nSPS) is 12.0. The molecular formula is C16H10F6N2O3S. The Kier molecular flexibility index (Phi) is 5.92. The first-order valence-corrected chi connectivity index (χ1v) is 8.48.